The van der Waals surface area contributed by atoms with Crippen LogP contribution in [0.4, 0.5) is 16.2 Å². The Hall–Kier alpha value is -1.75. The fourth-order valence-corrected chi connectivity index (χ4v) is 1.54. The molecule has 0 bridgehead atoms. The largest absolute Gasteiger partial charge is 0.378 e. The molecule has 0 saturated heterocycles. The first-order valence-electron chi connectivity index (χ1n) is 6.40. The molecule has 0 aromatic heterocycles. The van der Waals surface area contributed by atoms with Crippen LogP contribution in [0.3, 0.4) is 0 Å². The van der Waals surface area contributed by atoms with E-state index >= 15 is 0 Å². The van der Waals surface area contributed by atoms with Gasteiger partial charge in [-0.1, -0.05) is 6.07 Å². The summed E-state index contributed by atoms with van der Waals surface area (Å²) < 4.78 is 0.830. The van der Waals surface area contributed by atoms with Crippen LogP contribution in [0.1, 0.15) is 0 Å². The number of likely N-dealkylation sites (N-methyl/N-ethyl adjacent to an activating group) is 1. The van der Waals surface area contributed by atoms with Crippen molar-refractivity contribution >= 4 is 17.4 Å². The zero-order valence-corrected chi connectivity index (χ0v) is 12.5. The van der Waals surface area contributed by atoms with Crippen LogP contribution in [0.15, 0.2) is 24.3 Å². The lowest BCUT2D eigenvalue weighted by Gasteiger charge is -2.23. The number of rotatable bonds is 5. The normalized spacial score (nSPS) is 11.0. The quantitative estimate of drug-likeness (QED) is 0.794. The van der Waals surface area contributed by atoms with Crippen LogP contribution in [-0.4, -0.2) is 58.8 Å². The summed E-state index contributed by atoms with van der Waals surface area (Å²) in [4.78, 5) is 13.7. The number of amides is 2. The number of hydrogen-bond donors (Lipinski definition) is 2. The lowest BCUT2D eigenvalue weighted by atomic mass is 10.2. The molecular formula is C14H25N4O+. The molecule has 19 heavy (non-hydrogen) atoms. The van der Waals surface area contributed by atoms with E-state index in [0.29, 0.717) is 6.54 Å². The van der Waals surface area contributed by atoms with Gasteiger partial charge < -0.3 is 20.0 Å². The number of nitrogens with zero attached hydrogens (tertiary/aromatic N) is 2. The lowest BCUT2D eigenvalue weighted by molar-refractivity contribution is -0.869. The molecule has 5 nitrogen and oxygen atoms in total. The predicted octanol–water partition coefficient (Wildman–Crippen LogP) is 1.58. The molecular weight excluding hydrogens is 240 g/mol. The predicted molar refractivity (Wildman–Crippen MR) is 80.7 cm³/mol. The Morgan fingerprint density at radius 2 is 1.95 bits per heavy atom. The smallest absolute Gasteiger partial charge is 0.319 e. The van der Waals surface area contributed by atoms with Crippen molar-refractivity contribution in [2.24, 2.45) is 0 Å². The fraction of sp³-hybridized carbons (Fsp3) is 0.500. The van der Waals surface area contributed by atoms with Crippen LogP contribution in [0.25, 0.3) is 0 Å². The van der Waals surface area contributed by atoms with E-state index in [9.17, 15) is 4.79 Å². The second-order valence-electron chi connectivity index (χ2n) is 5.84. The van der Waals surface area contributed by atoms with Gasteiger partial charge in [-0.05, 0) is 18.2 Å². The summed E-state index contributed by atoms with van der Waals surface area (Å²) in [6, 6.07) is 7.59. The zero-order chi connectivity index (χ0) is 14.5. The molecule has 0 fully saturated rings. The third-order valence-electron chi connectivity index (χ3n) is 2.69. The van der Waals surface area contributed by atoms with Crippen LogP contribution >= 0.6 is 0 Å². The van der Waals surface area contributed by atoms with Crippen molar-refractivity contribution in [1.29, 1.82) is 0 Å². The van der Waals surface area contributed by atoms with Crippen LogP contribution in [-0.2, 0) is 0 Å². The molecule has 106 valence electrons. The van der Waals surface area contributed by atoms with Gasteiger partial charge in [-0.25, -0.2) is 4.79 Å². The van der Waals surface area contributed by atoms with Crippen molar-refractivity contribution in [1.82, 2.24) is 5.32 Å². The van der Waals surface area contributed by atoms with Gasteiger partial charge in [-0.3, -0.25) is 0 Å². The molecule has 1 rings (SSSR count). The Balaban J connectivity index is 2.46. The van der Waals surface area contributed by atoms with Gasteiger partial charge in [-0.15, -0.1) is 0 Å². The van der Waals surface area contributed by atoms with Crippen molar-refractivity contribution in [2.75, 3.05) is 58.5 Å². The Bertz CT molecular complexity index is 424. The van der Waals surface area contributed by atoms with Crippen molar-refractivity contribution in [3.63, 3.8) is 0 Å². The van der Waals surface area contributed by atoms with Crippen LogP contribution in [0, 0.1) is 0 Å². The minimum atomic E-state index is -0.163. The summed E-state index contributed by atoms with van der Waals surface area (Å²) in [6.45, 7) is 1.55. The number of urea groups is 1. The highest BCUT2D eigenvalue weighted by Crippen LogP contribution is 2.16. The Morgan fingerprint density at radius 3 is 2.53 bits per heavy atom. The molecule has 0 saturated carbocycles. The number of hydrogen-bond acceptors (Lipinski definition) is 2. The molecule has 2 amide bonds. The molecule has 0 spiro atoms. The second-order valence-corrected chi connectivity index (χ2v) is 5.84. The average Bonchev–Trinajstić information content (AvgIpc) is 2.27. The lowest BCUT2D eigenvalue weighted by Crippen LogP contribution is -2.42. The highest BCUT2D eigenvalue weighted by atomic mass is 16.2. The van der Waals surface area contributed by atoms with Gasteiger partial charge in [0.15, 0.2) is 0 Å². The first-order chi connectivity index (χ1) is 8.78. The molecule has 0 aliphatic carbocycles. The van der Waals surface area contributed by atoms with Gasteiger partial charge in [0.05, 0.1) is 34.2 Å². The van der Waals surface area contributed by atoms with E-state index in [1.807, 2.05) is 43.3 Å². The first kappa shape index (κ1) is 15.3. The van der Waals surface area contributed by atoms with Crippen molar-refractivity contribution in [3.8, 4) is 0 Å². The molecule has 1 aromatic rings. The maximum atomic E-state index is 11.7. The van der Waals surface area contributed by atoms with Gasteiger partial charge in [-0.2, -0.15) is 0 Å². The van der Waals surface area contributed by atoms with Crippen LogP contribution in [0.5, 0.6) is 0 Å². The Labute approximate surface area is 115 Å². The molecule has 0 aliphatic rings. The highest BCUT2D eigenvalue weighted by Gasteiger charge is 2.08. The molecule has 0 aliphatic heterocycles. The van der Waals surface area contributed by atoms with Gasteiger partial charge in [0.25, 0.3) is 0 Å². The zero-order valence-electron chi connectivity index (χ0n) is 12.5. The molecule has 2 N–H and O–H groups in total. The molecule has 0 radical (unpaired) electrons. The van der Waals surface area contributed by atoms with Gasteiger partial charge in [0.1, 0.15) is 0 Å². The van der Waals surface area contributed by atoms with E-state index in [-0.39, 0.29) is 6.03 Å². The third kappa shape index (κ3) is 6.10. The first-order valence-corrected chi connectivity index (χ1v) is 6.40. The summed E-state index contributed by atoms with van der Waals surface area (Å²) in [5.41, 5.74) is 1.86. The van der Waals surface area contributed by atoms with E-state index in [4.69, 9.17) is 0 Å². The van der Waals surface area contributed by atoms with E-state index < -0.39 is 0 Å². The number of anilines is 2. The number of benzene rings is 1. The second kappa shape index (κ2) is 6.43. The van der Waals surface area contributed by atoms with Gasteiger partial charge >= 0.3 is 6.03 Å². The minimum Gasteiger partial charge on any atom is -0.378 e. The summed E-state index contributed by atoms with van der Waals surface area (Å²) in [6.07, 6.45) is 0. The van der Waals surface area contributed by atoms with Gasteiger partial charge in [0, 0.05) is 25.5 Å². The SMILES string of the molecule is CN(C)c1cccc(NC(=O)NCC[N+](C)(C)C)c1. The molecule has 5 heteroatoms. The Kier molecular flexibility index (Phi) is 5.18. The Morgan fingerprint density at radius 1 is 1.26 bits per heavy atom. The van der Waals surface area contributed by atoms with E-state index in [0.717, 1.165) is 22.4 Å². The maximum absolute atomic E-state index is 11.7. The third-order valence-corrected chi connectivity index (χ3v) is 2.69. The van der Waals surface area contributed by atoms with Crippen molar-refractivity contribution in [3.05, 3.63) is 24.3 Å². The summed E-state index contributed by atoms with van der Waals surface area (Å²) in [5.74, 6) is 0. The number of carbonyl (C=O) groups is 1. The summed E-state index contributed by atoms with van der Waals surface area (Å²) >= 11 is 0. The average molecular weight is 265 g/mol. The highest BCUT2D eigenvalue weighted by molar-refractivity contribution is 5.89. The fourth-order valence-electron chi connectivity index (χ4n) is 1.54. The standard InChI is InChI=1S/C14H24N4O/c1-17(2)13-8-6-7-12(11-13)16-14(19)15-9-10-18(3,4)5/h6-8,11H,9-10H2,1-5H3,(H-,15,16,19)/p+1. The van der Waals surface area contributed by atoms with Crippen LogP contribution < -0.4 is 15.5 Å². The summed E-state index contributed by atoms with van der Waals surface area (Å²) in [7, 11) is 10.2. The molecule has 0 atom stereocenters. The molecule has 0 unspecified atom stereocenters. The molecule has 1 aromatic carbocycles. The topological polar surface area (TPSA) is 44.4 Å². The number of quaternary nitrogens is 1. The van der Waals surface area contributed by atoms with E-state index in [2.05, 4.69) is 31.8 Å². The maximum Gasteiger partial charge on any atom is 0.319 e. The van der Waals surface area contributed by atoms with Crippen molar-refractivity contribution < 1.29 is 9.28 Å². The minimum absolute atomic E-state index is 0.163. The van der Waals surface area contributed by atoms with Crippen molar-refractivity contribution in [2.45, 2.75) is 0 Å². The molecule has 0 heterocycles. The van der Waals surface area contributed by atoms with E-state index in [1.165, 1.54) is 0 Å². The number of nitrogens with one attached hydrogen (secondary N) is 2. The van der Waals surface area contributed by atoms with E-state index in [1.54, 1.807) is 0 Å². The number of carbonyl (C=O) groups excluding carboxylic acids is 1. The van der Waals surface area contributed by atoms with Crippen LogP contribution in [0.2, 0.25) is 0 Å². The monoisotopic (exact) mass is 265 g/mol. The van der Waals surface area contributed by atoms with Gasteiger partial charge in [0.2, 0.25) is 0 Å². The summed E-state index contributed by atoms with van der Waals surface area (Å²) in [5, 5.41) is 5.70.